The van der Waals surface area contributed by atoms with E-state index < -0.39 is 5.91 Å². The Morgan fingerprint density at radius 2 is 2.04 bits per heavy atom. The van der Waals surface area contributed by atoms with Gasteiger partial charge < -0.3 is 11.1 Å². The summed E-state index contributed by atoms with van der Waals surface area (Å²) in [7, 11) is 0. The highest BCUT2D eigenvalue weighted by Crippen LogP contribution is 2.24. The lowest BCUT2D eigenvalue weighted by atomic mass is 10.2. The number of carbonyl (C=O) groups excluding carboxylic acids is 1. The summed E-state index contributed by atoms with van der Waals surface area (Å²) >= 11 is 6.86. The summed E-state index contributed by atoms with van der Waals surface area (Å²) < 4.78 is 3.26. The molecule has 25 heavy (non-hydrogen) atoms. The maximum Gasteiger partial charge on any atom is 0.280 e. The van der Waals surface area contributed by atoms with E-state index in [2.05, 4.69) is 47.5 Å². The average Bonchev–Trinajstić information content (AvgIpc) is 2.91. The van der Waals surface area contributed by atoms with Crippen LogP contribution in [0.2, 0.25) is 0 Å². The molecule has 0 aliphatic carbocycles. The Hall–Kier alpha value is -2.19. The number of aromatic nitrogens is 3. The van der Waals surface area contributed by atoms with E-state index in [-0.39, 0.29) is 11.5 Å². The van der Waals surface area contributed by atoms with Crippen molar-refractivity contribution in [2.75, 3.05) is 11.1 Å². The van der Waals surface area contributed by atoms with Gasteiger partial charge in [-0.3, -0.25) is 4.79 Å². The summed E-state index contributed by atoms with van der Waals surface area (Å²) in [6, 6.07) is 13.4. The van der Waals surface area contributed by atoms with Gasteiger partial charge in [0.2, 0.25) is 0 Å². The fourth-order valence-corrected chi connectivity index (χ4v) is 3.35. The van der Waals surface area contributed by atoms with Gasteiger partial charge >= 0.3 is 0 Å². The number of hydrogen-bond acceptors (Lipinski definition) is 4. The summed E-state index contributed by atoms with van der Waals surface area (Å²) in [5.74, 6) is -0.178. The molecule has 1 amide bonds. The molecule has 0 fully saturated rings. The standard InChI is InChI=1S/C17H15Br2N5O/c1-10-5-6-14(13(19)7-10)21-17(25)15-16(20)24(23-22-15)9-11-3-2-4-12(18)8-11/h2-8H,9,20H2,1H3,(H,21,25). The van der Waals surface area contributed by atoms with Crippen molar-refractivity contribution in [2.24, 2.45) is 0 Å². The number of halogens is 2. The first kappa shape index (κ1) is 17.6. The monoisotopic (exact) mass is 463 g/mol. The molecule has 0 spiro atoms. The lowest BCUT2D eigenvalue weighted by Gasteiger charge is -2.07. The van der Waals surface area contributed by atoms with Gasteiger partial charge in [-0.1, -0.05) is 39.3 Å². The molecule has 3 N–H and O–H groups in total. The molecular formula is C17H15Br2N5O. The normalized spacial score (nSPS) is 10.7. The molecule has 0 bridgehead atoms. The number of carbonyl (C=O) groups is 1. The Morgan fingerprint density at radius 1 is 1.24 bits per heavy atom. The lowest BCUT2D eigenvalue weighted by Crippen LogP contribution is -2.15. The highest BCUT2D eigenvalue weighted by molar-refractivity contribution is 9.10. The second-order valence-corrected chi connectivity index (χ2v) is 7.32. The van der Waals surface area contributed by atoms with Crippen molar-refractivity contribution < 1.29 is 4.79 Å². The van der Waals surface area contributed by atoms with Gasteiger partial charge in [0.25, 0.3) is 5.91 Å². The number of anilines is 2. The molecule has 0 radical (unpaired) electrons. The fraction of sp³-hybridized carbons (Fsp3) is 0.118. The minimum absolute atomic E-state index is 0.0995. The Labute approximate surface area is 161 Å². The van der Waals surface area contributed by atoms with Gasteiger partial charge in [0, 0.05) is 8.95 Å². The van der Waals surface area contributed by atoms with Crippen LogP contribution in [0.1, 0.15) is 21.6 Å². The maximum absolute atomic E-state index is 12.5. The Kier molecular flexibility index (Phi) is 5.19. The number of nitrogen functional groups attached to an aromatic ring is 1. The van der Waals surface area contributed by atoms with Gasteiger partial charge in [-0.2, -0.15) is 0 Å². The largest absolute Gasteiger partial charge is 0.382 e. The van der Waals surface area contributed by atoms with E-state index in [0.717, 1.165) is 20.1 Å². The highest BCUT2D eigenvalue weighted by atomic mass is 79.9. The Morgan fingerprint density at radius 3 is 2.76 bits per heavy atom. The second-order valence-electron chi connectivity index (χ2n) is 5.55. The van der Waals surface area contributed by atoms with Crippen LogP contribution in [0.15, 0.2) is 51.4 Å². The molecule has 0 atom stereocenters. The van der Waals surface area contributed by atoms with Crippen LogP contribution >= 0.6 is 31.9 Å². The predicted molar refractivity (Wildman–Crippen MR) is 105 cm³/mol. The quantitative estimate of drug-likeness (QED) is 0.611. The smallest absolute Gasteiger partial charge is 0.280 e. The van der Waals surface area contributed by atoms with Crippen molar-refractivity contribution in [3.63, 3.8) is 0 Å². The Balaban J connectivity index is 1.79. The number of nitrogens with two attached hydrogens (primary N) is 1. The van der Waals surface area contributed by atoms with Crippen LogP contribution in [0, 0.1) is 6.92 Å². The van der Waals surface area contributed by atoms with Crippen molar-refractivity contribution in [3.05, 3.63) is 68.2 Å². The summed E-state index contributed by atoms with van der Waals surface area (Å²) in [6.07, 6.45) is 0. The van der Waals surface area contributed by atoms with Crippen LogP contribution in [-0.2, 0) is 6.54 Å². The van der Waals surface area contributed by atoms with Crippen LogP contribution in [0.3, 0.4) is 0 Å². The molecule has 128 valence electrons. The van der Waals surface area contributed by atoms with Crippen molar-refractivity contribution in [2.45, 2.75) is 13.5 Å². The van der Waals surface area contributed by atoms with Gasteiger partial charge in [0.1, 0.15) is 0 Å². The number of benzene rings is 2. The van der Waals surface area contributed by atoms with Gasteiger partial charge in [-0.05, 0) is 58.2 Å². The molecule has 0 saturated heterocycles. The van der Waals surface area contributed by atoms with Gasteiger partial charge in [0.05, 0.1) is 12.2 Å². The summed E-state index contributed by atoms with van der Waals surface area (Å²) in [5.41, 5.74) is 8.90. The molecule has 1 heterocycles. The molecule has 1 aromatic heterocycles. The van der Waals surface area contributed by atoms with E-state index in [0.29, 0.717) is 12.2 Å². The molecule has 2 aromatic carbocycles. The zero-order valence-electron chi connectivity index (χ0n) is 13.3. The van der Waals surface area contributed by atoms with Gasteiger partial charge in [-0.25, -0.2) is 4.68 Å². The lowest BCUT2D eigenvalue weighted by molar-refractivity contribution is 0.102. The van der Waals surface area contributed by atoms with Crippen LogP contribution in [0.5, 0.6) is 0 Å². The SMILES string of the molecule is Cc1ccc(NC(=O)c2nnn(Cc3cccc(Br)c3)c2N)c(Br)c1. The fourth-order valence-electron chi connectivity index (χ4n) is 2.31. The van der Waals surface area contributed by atoms with Crippen molar-refractivity contribution in [1.82, 2.24) is 15.0 Å². The van der Waals surface area contributed by atoms with Crippen molar-refractivity contribution in [1.29, 1.82) is 0 Å². The summed E-state index contributed by atoms with van der Waals surface area (Å²) in [6.45, 7) is 2.40. The molecule has 0 unspecified atom stereocenters. The minimum atomic E-state index is -0.400. The van der Waals surface area contributed by atoms with Crippen LogP contribution in [0.25, 0.3) is 0 Å². The second kappa shape index (κ2) is 7.37. The molecule has 8 heteroatoms. The average molecular weight is 465 g/mol. The molecular weight excluding hydrogens is 450 g/mol. The van der Waals surface area contributed by atoms with Crippen molar-refractivity contribution >= 4 is 49.3 Å². The molecule has 0 aliphatic rings. The summed E-state index contributed by atoms with van der Waals surface area (Å²) in [4.78, 5) is 12.5. The molecule has 6 nitrogen and oxygen atoms in total. The zero-order valence-corrected chi connectivity index (χ0v) is 16.5. The molecule has 3 aromatic rings. The van der Waals surface area contributed by atoms with Crippen LogP contribution < -0.4 is 11.1 Å². The third kappa shape index (κ3) is 4.08. The first-order valence-corrected chi connectivity index (χ1v) is 9.03. The number of hydrogen-bond donors (Lipinski definition) is 2. The molecule has 3 rings (SSSR count). The Bertz CT molecular complexity index is 939. The predicted octanol–water partition coefficient (Wildman–Crippen LogP) is 3.99. The van der Waals surface area contributed by atoms with E-state index in [1.807, 2.05) is 49.4 Å². The van der Waals surface area contributed by atoms with E-state index >= 15 is 0 Å². The summed E-state index contributed by atoms with van der Waals surface area (Å²) in [5, 5.41) is 10.7. The van der Waals surface area contributed by atoms with E-state index in [1.165, 1.54) is 4.68 Å². The molecule has 0 aliphatic heterocycles. The van der Waals surface area contributed by atoms with Gasteiger partial charge in [-0.15, -0.1) is 5.10 Å². The van der Waals surface area contributed by atoms with Crippen molar-refractivity contribution in [3.8, 4) is 0 Å². The molecule has 0 saturated carbocycles. The van der Waals surface area contributed by atoms with Gasteiger partial charge in [0.15, 0.2) is 11.5 Å². The van der Waals surface area contributed by atoms with E-state index in [4.69, 9.17) is 5.73 Å². The highest BCUT2D eigenvalue weighted by Gasteiger charge is 2.18. The number of amides is 1. The van der Waals surface area contributed by atoms with Crippen LogP contribution in [0.4, 0.5) is 11.5 Å². The number of rotatable bonds is 4. The topological polar surface area (TPSA) is 85.8 Å². The third-order valence-electron chi connectivity index (χ3n) is 3.58. The first-order valence-electron chi connectivity index (χ1n) is 7.45. The third-order valence-corrected chi connectivity index (χ3v) is 4.73. The first-order chi connectivity index (χ1) is 11.9. The maximum atomic E-state index is 12.5. The van der Waals surface area contributed by atoms with E-state index in [1.54, 1.807) is 0 Å². The van der Waals surface area contributed by atoms with E-state index in [9.17, 15) is 4.79 Å². The minimum Gasteiger partial charge on any atom is -0.382 e. The number of nitrogens with one attached hydrogen (secondary N) is 1. The zero-order chi connectivity index (χ0) is 18.0. The number of aryl methyl sites for hydroxylation is 1. The van der Waals surface area contributed by atoms with Crippen LogP contribution in [-0.4, -0.2) is 20.9 Å². The number of nitrogens with zero attached hydrogens (tertiary/aromatic N) is 3.